The van der Waals surface area contributed by atoms with E-state index in [0.29, 0.717) is 13.2 Å². The van der Waals surface area contributed by atoms with Gasteiger partial charge in [-0.1, -0.05) is 139 Å². The molecule has 0 aromatic heterocycles. The van der Waals surface area contributed by atoms with E-state index in [0.717, 1.165) is 38.6 Å². The zero-order valence-corrected chi connectivity index (χ0v) is 29.6. The summed E-state index contributed by atoms with van der Waals surface area (Å²) in [6.45, 7) is 3.21. The van der Waals surface area contributed by atoms with Crippen LogP contribution < -0.4 is 0 Å². The van der Waals surface area contributed by atoms with Gasteiger partial charge in [0.25, 0.3) is 0 Å². The van der Waals surface area contributed by atoms with E-state index in [1.54, 1.807) is 24.3 Å². The van der Waals surface area contributed by atoms with Gasteiger partial charge in [-0.3, -0.25) is 0 Å². The normalized spacial score (nSPS) is 20.8. The van der Waals surface area contributed by atoms with Crippen molar-refractivity contribution in [2.24, 2.45) is 0 Å². The highest BCUT2D eigenvalue weighted by Gasteiger charge is 2.50. The van der Waals surface area contributed by atoms with Crippen LogP contribution in [0.1, 0.15) is 27.8 Å². The summed E-state index contributed by atoms with van der Waals surface area (Å²) in [6.07, 6.45) is -2.87. The predicted molar refractivity (Wildman–Crippen MR) is 196 cm³/mol. The molecule has 6 rings (SSSR count). The molecule has 260 valence electrons. The van der Waals surface area contributed by atoms with Gasteiger partial charge in [0, 0.05) is 10.8 Å². The molecule has 5 aromatic carbocycles. The van der Waals surface area contributed by atoms with Gasteiger partial charge in [-0.05, 0) is 41.3 Å². The van der Waals surface area contributed by atoms with Gasteiger partial charge in [0.1, 0.15) is 29.9 Å². The molecule has 0 N–H and O–H groups in total. The molecule has 0 saturated carbocycles. The summed E-state index contributed by atoms with van der Waals surface area (Å²) in [5.41, 5.74) is 3.91. The fraction of sp³-hybridized carbons (Fsp3) is 0.268. The van der Waals surface area contributed by atoms with E-state index in [9.17, 15) is 8.42 Å². The first-order chi connectivity index (χ1) is 24.4. The molecule has 0 aliphatic carbocycles. The molecule has 1 aliphatic rings. The van der Waals surface area contributed by atoms with E-state index in [1.807, 2.05) is 128 Å². The topological polar surface area (TPSA) is 80.3 Å². The third-order valence-corrected chi connectivity index (χ3v) is 12.0. The fourth-order valence-electron chi connectivity index (χ4n) is 5.71. The van der Waals surface area contributed by atoms with Crippen molar-refractivity contribution in [3.05, 3.63) is 173 Å². The maximum absolute atomic E-state index is 13.9. The second kappa shape index (κ2) is 17.9. The van der Waals surface area contributed by atoms with Crippen LogP contribution in [0.25, 0.3) is 0 Å². The van der Waals surface area contributed by atoms with Gasteiger partial charge in [0.05, 0.1) is 37.9 Å². The van der Waals surface area contributed by atoms with Crippen LogP contribution in [0.3, 0.4) is 0 Å². The first kappa shape index (κ1) is 36.0. The van der Waals surface area contributed by atoms with E-state index in [1.165, 1.54) is 0 Å². The molecule has 0 unspecified atom stereocenters. The van der Waals surface area contributed by atoms with Crippen molar-refractivity contribution in [1.82, 2.24) is 0 Å². The molecule has 50 heavy (non-hydrogen) atoms. The lowest BCUT2D eigenvalue weighted by Gasteiger charge is -2.45. The number of rotatable bonds is 16. The van der Waals surface area contributed by atoms with E-state index < -0.39 is 38.7 Å². The summed E-state index contributed by atoms with van der Waals surface area (Å²) in [7, 11) is -3.13. The third kappa shape index (κ3) is 10.1. The minimum atomic E-state index is -3.87. The lowest BCUT2D eigenvalue weighted by molar-refractivity contribution is -0.254. The van der Waals surface area contributed by atoms with Crippen LogP contribution in [0.15, 0.2) is 150 Å². The van der Waals surface area contributed by atoms with Crippen molar-refractivity contribution in [3.8, 4) is 0 Å². The summed E-state index contributed by atoms with van der Waals surface area (Å²) in [4.78, 5) is 0.194. The predicted octanol–water partition coefficient (Wildman–Crippen LogP) is 8.11. The van der Waals surface area contributed by atoms with Crippen LogP contribution in [-0.4, -0.2) is 44.9 Å². The number of aryl methyl sites for hydroxylation is 1. The third-order valence-electron chi connectivity index (χ3n) is 8.37. The molecule has 5 aromatic rings. The molecule has 1 saturated heterocycles. The van der Waals surface area contributed by atoms with Gasteiger partial charge in [0.15, 0.2) is 0 Å². The highest BCUT2D eigenvalue weighted by Crippen LogP contribution is 2.39. The number of hydrogen-bond acceptors (Lipinski definition) is 8. The van der Waals surface area contributed by atoms with Crippen molar-refractivity contribution >= 4 is 19.7 Å². The Balaban J connectivity index is 1.35. The Morgan fingerprint density at radius 2 is 0.960 bits per heavy atom. The van der Waals surface area contributed by atoms with Crippen molar-refractivity contribution in [3.63, 3.8) is 0 Å². The lowest BCUT2D eigenvalue weighted by Crippen LogP contribution is -2.60. The summed E-state index contributed by atoms with van der Waals surface area (Å²) in [5, 5.41) is 0. The van der Waals surface area contributed by atoms with Crippen LogP contribution in [0.5, 0.6) is 0 Å². The summed E-state index contributed by atoms with van der Waals surface area (Å²) < 4.78 is 60.9. The molecule has 0 bridgehead atoms. The Morgan fingerprint density at radius 1 is 0.540 bits per heavy atom. The van der Waals surface area contributed by atoms with E-state index >= 15 is 0 Å². The highest BCUT2D eigenvalue weighted by molar-refractivity contribution is 8.72. The molecule has 0 radical (unpaired) electrons. The van der Waals surface area contributed by atoms with Crippen LogP contribution in [-0.2, 0) is 59.0 Å². The number of hydrogen-bond donors (Lipinski definition) is 0. The van der Waals surface area contributed by atoms with Crippen molar-refractivity contribution < 1.29 is 32.1 Å². The second-order valence-electron chi connectivity index (χ2n) is 12.2. The lowest BCUT2D eigenvalue weighted by atomic mass is 9.98. The quantitative estimate of drug-likeness (QED) is 0.0951. The highest BCUT2D eigenvalue weighted by atomic mass is 33.1. The largest absolute Gasteiger partial charge is 0.374 e. The van der Waals surface area contributed by atoms with Gasteiger partial charge in [-0.25, -0.2) is 8.42 Å². The monoisotopic (exact) mass is 710 g/mol. The van der Waals surface area contributed by atoms with E-state index in [2.05, 4.69) is 0 Å². The molecule has 1 aliphatic heterocycles. The van der Waals surface area contributed by atoms with Crippen LogP contribution in [0.4, 0.5) is 0 Å². The molecular formula is C41H42O7S2. The second-order valence-corrected chi connectivity index (χ2v) is 16.1. The SMILES string of the molecule is Cc1ccc(S(=O)(=O)S[C@@H]2O[C@H](COCc3ccccc3)[C@H](OCc3ccccc3)[C@H](OCc3ccccc3)[C@H]2OCc2ccccc2)cc1. The zero-order valence-electron chi connectivity index (χ0n) is 28.0. The molecule has 0 amide bonds. The Labute approximate surface area is 298 Å². The van der Waals surface area contributed by atoms with Crippen LogP contribution in [0.2, 0.25) is 0 Å². The Morgan fingerprint density at radius 3 is 1.44 bits per heavy atom. The van der Waals surface area contributed by atoms with Crippen LogP contribution >= 0.6 is 10.8 Å². The molecule has 1 fully saturated rings. The molecule has 7 nitrogen and oxygen atoms in total. The average molecular weight is 711 g/mol. The fourth-order valence-corrected chi connectivity index (χ4v) is 8.95. The standard InChI is InChI=1S/C41H42O7S2/c1-31-22-24-36(25-23-31)50(42,43)49-41-40(47-29-35-20-12-5-13-21-35)39(46-28-34-18-10-4-11-19-34)38(45-27-33-16-8-3-9-17-33)37(48-41)30-44-26-32-14-6-2-7-15-32/h2-25,37-41H,26-30H2,1H3/t37-,38+,39+,40-,41+/m1/s1. The van der Waals surface area contributed by atoms with Crippen molar-refractivity contribution in [2.75, 3.05) is 6.61 Å². The molecule has 1 heterocycles. The number of benzene rings is 5. The molecular weight excluding hydrogens is 669 g/mol. The van der Waals surface area contributed by atoms with E-state index in [-0.39, 0.29) is 24.7 Å². The maximum atomic E-state index is 13.9. The molecule has 0 spiro atoms. The van der Waals surface area contributed by atoms with Gasteiger partial charge >= 0.3 is 0 Å². The zero-order chi connectivity index (χ0) is 34.6. The average Bonchev–Trinajstić information content (AvgIpc) is 3.15. The summed E-state index contributed by atoms with van der Waals surface area (Å²) in [6, 6.07) is 46.2. The van der Waals surface area contributed by atoms with Crippen molar-refractivity contribution in [1.29, 1.82) is 0 Å². The minimum Gasteiger partial charge on any atom is -0.374 e. The number of ether oxygens (including phenoxy) is 5. The summed E-state index contributed by atoms with van der Waals surface area (Å²) >= 11 is 0. The Kier molecular flexibility index (Phi) is 12.9. The van der Waals surface area contributed by atoms with E-state index in [4.69, 9.17) is 23.7 Å². The van der Waals surface area contributed by atoms with Gasteiger partial charge in [-0.2, -0.15) is 0 Å². The molecule has 9 heteroatoms. The van der Waals surface area contributed by atoms with Crippen molar-refractivity contribution in [2.45, 2.75) is 68.1 Å². The maximum Gasteiger partial charge on any atom is 0.232 e. The first-order valence-corrected chi connectivity index (χ1v) is 19.6. The molecule has 5 atom stereocenters. The Bertz CT molecular complexity index is 1820. The summed E-state index contributed by atoms with van der Waals surface area (Å²) in [5.74, 6) is 0. The van der Waals surface area contributed by atoms with Gasteiger partial charge in [-0.15, -0.1) is 0 Å². The van der Waals surface area contributed by atoms with Crippen LogP contribution in [0, 0.1) is 6.92 Å². The smallest absolute Gasteiger partial charge is 0.232 e. The van der Waals surface area contributed by atoms with Gasteiger partial charge < -0.3 is 23.7 Å². The minimum absolute atomic E-state index is 0.145. The van der Waals surface area contributed by atoms with Gasteiger partial charge in [0.2, 0.25) is 8.87 Å². The first-order valence-electron chi connectivity index (χ1n) is 16.7. The Hall–Kier alpha value is -3.80.